The van der Waals surface area contributed by atoms with Crippen LogP contribution in [-0.4, -0.2) is 48.2 Å². The van der Waals surface area contributed by atoms with Gasteiger partial charge in [0.25, 0.3) is 0 Å². The van der Waals surface area contributed by atoms with Gasteiger partial charge in [-0.15, -0.1) is 0 Å². The molecule has 1 aromatic carbocycles. The Morgan fingerprint density at radius 3 is 3.00 bits per heavy atom. The lowest BCUT2D eigenvalue weighted by atomic mass is 9.99. The number of likely N-dealkylation sites (tertiary alicyclic amines) is 1. The van der Waals surface area contributed by atoms with E-state index in [9.17, 15) is 9.90 Å². The first kappa shape index (κ1) is 14.5. The number of rotatable bonds is 3. The number of benzene rings is 1. The highest BCUT2D eigenvalue weighted by molar-refractivity contribution is 5.97. The van der Waals surface area contributed by atoms with Crippen molar-refractivity contribution in [1.82, 2.24) is 4.90 Å². The number of carbonyl (C=O) groups excluding carboxylic acids is 1. The molecule has 0 aliphatic carbocycles. The first-order chi connectivity index (χ1) is 10.2. The van der Waals surface area contributed by atoms with E-state index in [1.165, 1.54) is 5.56 Å². The second-order valence-electron chi connectivity index (χ2n) is 6.37. The van der Waals surface area contributed by atoms with E-state index in [1.807, 2.05) is 23.1 Å². The molecule has 1 fully saturated rings. The molecule has 2 aliphatic rings. The number of piperidine rings is 1. The van der Waals surface area contributed by atoms with E-state index in [0.29, 0.717) is 12.5 Å². The van der Waals surface area contributed by atoms with Gasteiger partial charge in [-0.3, -0.25) is 9.69 Å². The Labute approximate surface area is 126 Å². The lowest BCUT2D eigenvalue weighted by Crippen LogP contribution is -2.46. The molecule has 1 amide bonds. The van der Waals surface area contributed by atoms with Crippen LogP contribution in [0.5, 0.6) is 0 Å². The molecule has 0 saturated carbocycles. The Morgan fingerprint density at radius 2 is 2.19 bits per heavy atom. The average molecular weight is 288 g/mol. The monoisotopic (exact) mass is 288 g/mol. The van der Waals surface area contributed by atoms with Gasteiger partial charge in [-0.2, -0.15) is 0 Å². The van der Waals surface area contributed by atoms with E-state index < -0.39 is 0 Å². The molecule has 2 aliphatic heterocycles. The summed E-state index contributed by atoms with van der Waals surface area (Å²) in [5.41, 5.74) is 2.34. The zero-order chi connectivity index (χ0) is 14.8. The van der Waals surface area contributed by atoms with E-state index in [1.54, 1.807) is 0 Å². The van der Waals surface area contributed by atoms with E-state index in [2.05, 4.69) is 17.9 Å². The van der Waals surface area contributed by atoms with Crippen molar-refractivity contribution in [1.29, 1.82) is 0 Å². The van der Waals surface area contributed by atoms with Crippen LogP contribution in [0.4, 0.5) is 5.69 Å². The fraction of sp³-hybridized carbons (Fsp3) is 0.588. The maximum absolute atomic E-state index is 12.7. The summed E-state index contributed by atoms with van der Waals surface area (Å²) < 4.78 is 0. The van der Waals surface area contributed by atoms with Crippen molar-refractivity contribution < 1.29 is 9.90 Å². The smallest absolute Gasteiger partial charge is 0.241 e. The van der Waals surface area contributed by atoms with Crippen molar-refractivity contribution in [2.45, 2.75) is 32.2 Å². The summed E-state index contributed by atoms with van der Waals surface area (Å²) in [5.74, 6) is 0.515. The van der Waals surface area contributed by atoms with E-state index in [4.69, 9.17) is 0 Å². The summed E-state index contributed by atoms with van der Waals surface area (Å²) in [5, 5.41) is 9.30. The number of aliphatic hydroxyl groups is 1. The Kier molecular flexibility index (Phi) is 4.27. The normalized spacial score (nSPS) is 25.9. The Morgan fingerprint density at radius 1 is 1.38 bits per heavy atom. The summed E-state index contributed by atoms with van der Waals surface area (Å²) in [6, 6.07) is 8.44. The van der Waals surface area contributed by atoms with Crippen LogP contribution in [0.3, 0.4) is 0 Å². The minimum Gasteiger partial charge on any atom is -0.396 e. The van der Waals surface area contributed by atoms with Crippen LogP contribution in [0.2, 0.25) is 0 Å². The van der Waals surface area contributed by atoms with Crippen LogP contribution in [-0.2, 0) is 11.2 Å². The third kappa shape index (κ3) is 2.97. The van der Waals surface area contributed by atoms with Gasteiger partial charge >= 0.3 is 0 Å². The molecule has 0 bridgehead atoms. The van der Waals surface area contributed by atoms with Gasteiger partial charge < -0.3 is 10.0 Å². The van der Waals surface area contributed by atoms with Crippen LogP contribution in [0.1, 0.15) is 25.3 Å². The predicted molar refractivity (Wildman–Crippen MR) is 83.3 cm³/mol. The quantitative estimate of drug-likeness (QED) is 0.920. The molecule has 4 heteroatoms. The number of para-hydroxylation sites is 1. The van der Waals surface area contributed by atoms with E-state index in [0.717, 1.165) is 38.0 Å². The summed E-state index contributed by atoms with van der Waals surface area (Å²) in [7, 11) is 0. The fourth-order valence-corrected chi connectivity index (χ4v) is 3.66. The molecule has 2 heterocycles. The predicted octanol–water partition coefficient (Wildman–Crippen LogP) is 1.67. The summed E-state index contributed by atoms with van der Waals surface area (Å²) in [4.78, 5) is 16.9. The van der Waals surface area contributed by atoms with E-state index >= 15 is 0 Å². The molecule has 21 heavy (non-hydrogen) atoms. The standard InChI is InChI=1S/C17H24N2O2/c1-13-9-15-6-2-3-7-16(15)19(13)17(21)11-18-8-4-5-14(10-18)12-20/h2-3,6-7,13-14,20H,4-5,8-12H2,1H3. The maximum Gasteiger partial charge on any atom is 0.241 e. The summed E-state index contributed by atoms with van der Waals surface area (Å²) in [6.45, 7) is 4.62. The third-order valence-electron chi connectivity index (χ3n) is 4.70. The van der Waals surface area contributed by atoms with Crippen molar-refractivity contribution >= 4 is 11.6 Å². The molecular formula is C17H24N2O2. The third-order valence-corrected chi connectivity index (χ3v) is 4.70. The van der Waals surface area contributed by atoms with Gasteiger partial charge in [0.1, 0.15) is 0 Å². The second kappa shape index (κ2) is 6.16. The van der Waals surface area contributed by atoms with Gasteiger partial charge in [0, 0.05) is 24.9 Å². The first-order valence-corrected chi connectivity index (χ1v) is 7.92. The average Bonchev–Trinajstić information content (AvgIpc) is 2.83. The summed E-state index contributed by atoms with van der Waals surface area (Å²) >= 11 is 0. The summed E-state index contributed by atoms with van der Waals surface area (Å²) in [6.07, 6.45) is 3.09. The minimum absolute atomic E-state index is 0.186. The van der Waals surface area contributed by atoms with Gasteiger partial charge in [0.15, 0.2) is 0 Å². The number of fused-ring (bicyclic) bond motifs is 1. The zero-order valence-corrected chi connectivity index (χ0v) is 12.7. The molecule has 0 aromatic heterocycles. The number of carbonyl (C=O) groups is 1. The van der Waals surface area contributed by atoms with Gasteiger partial charge in [0.05, 0.1) is 6.54 Å². The minimum atomic E-state index is 0.186. The van der Waals surface area contributed by atoms with Crippen LogP contribution in [0.15, 0.2) is 24.3 Å². The van der Waals surface area contributed by atoms with Crippen molar-refractivity contribution in [2.24, 2.45) is 5.92 Å². The number of amides is 1. The van der Waals surface area contributed by atoms with Crippen LogP contribution in [0.25, 0.3) is 0 Å². The SMILES string of the molecule is CC1Cc2ccccc2N1C(=O)CN1CCCC(CO)C1. The topological polar surface area (TPSA) is 43.8 Å². The molecule has 1 saturated heterocycles. The number of nitrogens with zero attached hydrogens (tertiary/aromatic N) is 2. The Hall–Kier alpha value is -1.39. The Balaban J connectivity index is 1.68. The fourth-order valence-electron chi connectivity index (χ4n) is 3.66. The molecule has 2 unspecified atom stereocenters. The molecule has 1 N–H and O–H groups in total. The van der Waals surface area contributed by atoms with Gasteiger partial charge in [-0.05, 0) is 50.3 Å². The Bertz CT molecular complexity index is 517. The maximum atomic E-state index is 12.7. The molecular weight excluding hydrogens is 264 g/mol. The molecule has 3 rings (SSSR count). The van der Waals surface area contributed by atoms with Crippen molar-refractivity contribution in [3.05, 3.63) is 29.8 Å². The lowest BCUT2D eigenvalue weighted by molar-refractivity contribution is -0.120. The molecule has 1 aromatic rings. The number of hydrogen-bond acceptors (Lipinski definition) is 3. The highest BCUT2D eigenvalue weighted by Gasteiger charge is 2.32. The lowest BCUT2D eigenvalue weighted by Gasteiger charge is -2.33. The van der Waals surface area contributed by atoms with Crippen LogP contribution in [0, 0.1) is 5.92 Å². The molecule has 114 valence electrons. The van der Waals surface area contributed by atoms with Crippen molar-refractivity contribution in [3.63, 3.8) is 0 Å². The molecule has 2 atom stereocenters. The van der Waals surface area contributed by atoms with Crippen LogP contribution >= 0.6 is 0 Å². The highest BCUT2D eigenvalue weighted by atomic mass is 16.3. The van der Waals surface area contributed by atoms with Gasteiger partial charge in [-0.25, -0.2) is 0 Å². The zero-order valence-electron chi connectivity index (χ0n) is 12.7. The molecule has 4 nitrogen and oxygen atoms in total. The van der Waals surface area contributed by atoms with E-state index in [-0.39, 0.29) is 18.6 Å². The largest absolute Gasteiger partial charge is 0.396 e. The first-order valence-electron chi connectivity index (χ1n) is 7.92. The number of aliphatic hydroxyl groups excluding tert-OH is 1. The van der Waals surface area contributed by atoms with Crippen LogP contribution < -0.4 is 4.90 Å². The molecule has 0 spiro atoms. The number of hydrogen-bond donors (Lipinski definition) is 1. The van der Waals surface area contributed by atoms with Crippen molar-refractivity contribution in [2.75, 3.05) is 31.1 Å². The molecule has 0 radical (unpaired) electrons. The highest BCUT2D eigenvalue weighted by Crippen LogP contribution is 2.32. The number of anilines is 1. The second-order valence-corrected chi connectivity index (χ2v) is 6.37. The van der Waals surface area contributed by atoms with Gasteiger partial charge in [-0.1, -0.05) is 18.2 Å². The van der Waals surface area contributed by atoms with Gasteiger partial charge in [0.2, 0.25) is 5.91 Å². The van der Waals surface area contributed by atoms with Crippen molar-refractivity contribution in [3.8, 4) is 0 Å².